The molecule has 0 radical (unpaired) electrons. The first kappa shape index (κ1) is 24.1. The van der Waals surface area contributed by atoms with E-state index in [2.05, 4.69) is 15.3 Å². The van der Waals surface area contributed by atoms with Gasteiger partial charge in [-0.15, -0.1) is 0 Å². The number of benzene rings is 2. The molecular weight excluding hydrogens is 456 g/mol. The Labute approximate surface area is 204 Å². The number of nitrogens with one attached hydrogen (secondary N) is 1. The molecule has 1 aliphatic rings. The molecule has 8 nitrogen and oxygen atoms in total. The molecule has 1 N–H and O–H groups in total. The maximum atomic E-state index is 12.9. The van der Waals surface area contributed by atoms with E-state index in [1.165, 1.54) is 0 Å². The van der Waals surface area contributed by atoms with Crippen LogP contribution in [0.25, 0.3) is 0 Å². The third-order valence-electron chi connectivity index (χ3n) is 5.92. The van der Waals surface area contributed by atoms with Gasteiger partial charge < -0.3 is 19.5 Å². The van der Waals surface area contributed by atoms with Crippen molar-refractivity contribution >= 4 is 17.5 Å². The number of halogens is 1. The van der Waals surface area contributed by atoms with Crippen LogP contribution in [-0.2, 0) is 11.3 Å². The highest BCUT2D eigenvalue weighted by atomic mass is 35.5. The number of methoxy groups -OCH3 is 2. The van der Waals surface area contributed by atoms with Crippen molar-refractivity contribution in [2.45, 2.75) is 12.6 Å². The number of amides is 1. The van der Waals surface area contributed by atoms with Gasteiger partial charge in [0.1, 0.15) is 0 Å². The Hall–Kier alpha value is -3.07. The number of aromatic nitrogens is 2. The van der Waals surface area contributed by atoms with E-state index >= 15 is 0 Å². The number of carbonyl (C=O) groups is 1. The van der Waals surface area contributed by atoms with Crippen molar-refractivity contribution in [2.24, 2.45) is 0 Å². The Balaban J connectivity index is 1.46. The van der Waals surface area contributed by atoms with Crippen molar-refractivity contribution in [3.63, 3.8) is 0 Å². The van der Waals surface area contributed by atoms with Gasteiger partial charge in [-0.25, -0.2) is 0 Å². The molecule has 1 aromatic heterocycles. The van der Waals surface area contributed by atoms with Crippen LogP contribution in [0.2, 0.25) is 5.02 Å². The van der Waals surface area contributed by atoms with E-state index in [-0.39, 0.29) is 11.9 Å². The third-order valence-corrected chi connectivity index (χ3v) is 6.29. The summed E-state index contributed by atoms with van der Waals surface area (Å²) in [6.07, 6.45) is 3.31. The van der Waals surface area contributed by atoms with Gasteiger partial charge in [-0.2, -0.15) is 5.10 Å². The highest BCUT2D eigenvalue weighted by Gasteiger charge is 2.25. The summed E-state index contributed by atoms with van der Waals surface area (Å²) >= 11 is 6.25. The van der Waals surface area contributed by atoms with E-state index in [1.54, 1.807) is 31.3 Å². The predicted molar refractivity (Wildman–Crippen MR) is 130 cm³/mol. The summed E-state index contributed by atoms with van der Waals surface area (Å²) in [7, 11) is 3.23. The molecule has 1 unspecified atom stereocenters. The van der Waals surface area contributed by atoms with Crippen molar-refractivity contribution in [3.8, 4) is 11.5 Å². The Kier molecular flexibility index (Phi) is 8.05. The van der Waals surface area contributed by atoms with E-state index in [1.807, 2.05) is 42.5 Å². The Morgan fingerprint density at radius 2 is 1.91 bits per heavy atom. The molecule has 0 spiro atoms. The highest BCUT2D eigenvalue weighted by Crippen LogP contribution is 2.32. The molecule has 1 aliphatic heterocycles. The lowest BCUT2D eigenvalue weighted by atomic mass is 10.0. The summed E-state index contributed by atoms with van der Waals surface area (Å²) in [5.41, 5.74) is 2.48. The monoisotopic (exact) mass is 484 g/mol. The second-order valence-corrected chi connectivity index (χ2v) is 8.41. The molecule has 1 saturated heterocycles. The van der Waals surface area contributed by atoms with Crippen LogP contribution in [0.1, 0.15) is 27.5 Å². The van der Waals surface area contributed by atoms with E-state index in [9.17, 15) is 4.79 Å². The predicted octanol–water partition coefficient (Wildman–Crippen LogP) is 3.41. The summed E-state index contributed by atoms with van der Waals surface area (Å²) < 4.78 is 18.1. The van der Waals surface area contributed by atoms with E-state index in [0.29, 0.717) is 48.4 Å². The molecule has 4 rings (SSSR count). The van der Waals surface area contributed by atoms with Gasteiger partial charge in [0.05, 0.1) is 51.8 Å². The van der Waals surface area contributed by atoms with Gasteiger partial charge in [-0.1, -0.05) is 35.9 Å². The molecule has 0 aliphatic carbocycles. The Morgan fingerprint density at radius 3 is 2.65 bits per heavy atom. The van der Waals surface area contributed by atoms with Crippen LogP contribution < -0.4 is 14.8 Å². The van der Waals surface area contributed by atoms with Gasteiger partial charge in [-0.05, 0) is 29.3 Å². The van der Waals surface area contributed by atoms with Crippen molar-refractivity contribution < 1.29 is 19.0 Å². The normalized spacial score (nSPS) is 15.0. The number of carbonyl (C=O) groups excluding carboxylic acids is 1. The van der Waals surface area contributed by atoms with Crippen LogP contribution in [-0.4, -0.2) is 67.7 Å². The molecule has 9 heteroatoms. The van der Waals surface area contributed by atoms with Crippen molar-refractivity contribution in [3.05, 3.63) is 76.6 Å². The average Bonchev–Trinajstić information content (AvgIpc) is 3.34. The maximum Gasteiger partial charge on any atom is 0.254 e. The molecule has 180 valence electrons. The first-order valence-electron chi connectivity index (χ1n) is 11.2. The lowest BCUT2D eigenvalue weighted by Gasteiger charge is -2.35. The summed E-state index contributed by atoms with van der Waals surface area (Å²) in [4.78, 5) is 15.3. The number of nitrogens with zero attached hydrogens (tertiary/aromatic N) is 3. The van der Waals surface area contributed by atoms with Crippen LogP contribution in [0.4, 0.5) is 0 Å². The standard InChI is InChI=1S/C25H29ClN4O4/c1-32-23-8-7-18(13-24(23)33-2)22(29-9-11-34-12-10-29)15-27-25(31)20-14-28-30(17-20)16-19-5-3-4-6-21(19)26/h3-8,13-14,17,22H,9-12,15-16H2,1-2H3,(H,27,31). The summed E-state index contributed by atoms with van der Waals surface area (Å²) in [6, 6.07) is 13.4. The number of hydrogen-bond acceptors (Lipinski definition) is 6. The largest absolute Gasteiger partial charge is 0.493 e. The van der Waals surface area contributed by atoms with Crippen LogP contribution in [0, 0.1) is 0 Å². The average molecular weight is 485 g/mol. The third kappa shape index (κ3) is 5.70. The molecule has 3 aromatic rings. The molecule has 0 bridgehead atoms. The SMILES string of the molecule is COc1ccc(C(CNC(=O)c2cnn(Cc3ccccc3Cl)c2)N2CCOCC2)cc1OC. The second-order valence-electron chi connectivity index (χ2n) is 8.01. The van der Waals surface area contributed by atoms with E-state index in [0.717, 1.165) is 24.2 Å². The van der Waals surface area contributed by atoms with Crippen LogP contribution in [0.3, 0.4) is 0 Å². The topological polar surface area (TPSA) is 77.9 Å². The first-order chi connectivity index (χ1) is 16.6. The van der Waals surface area contributed by atoms with Crippen LogP contribution in [0.5, 0.6) is 11.5 Å². The molecule has 1 atom stereocenters. The summed E-state index contributed by atoms with van der Waals surface area (Å²) in [5.74, 6) is 1.15. The van der Waals surface area contributed by atoms with Crippen molar-refractivity contribution in [1.29, 1.82) is 0 Å². The minimum absolute atomic E-state index is 0.0363. The minimum atomic E-state index is -0.177. The van der Waals surface area contributed by atoms with Gasteiger partial charge in [0.2, 0.25) is 0 Å². The smallest absolute Gasteiger partial charge is 0.254 e. The number of morpholine rings is 1. The van der Waals surface area contributed by atoms with Crippen molar-refractivity contribution in [2.75, 3.05) is 47.1 Å². The lowest BCUT2D eigenvalue weighted by molar-refractivity contribution is 0.0162. The summed E-state index contributed by atoms with van der Waals surface area (Å²) in [6.45, 7) is 3.81. The zero-order chi connectivity index (χ0) is 23.9. The molecular formula is C25H29ClN4O4. The zero-order valence-electron chi connectivity index (χ0n) is 19.4. The number of ether oxygens (including phenoxy) is 3. The Bertz CT molecular complexity index is 1110. The summed E-state index contributed by atoms with van der Waals surface area (Å²) in [5, 5.41) is 8.08. The van der Waals surface area contributed by atoms with E-state index < -0.39 is 0 Å². The van der Waals surface area contributed by atoms with Gasteiger partial charge in [-0.3, -0.25) is 14.4 Å². The molecule has 1 fully saturated rings. The lowest BCUT2D eigenvalue weighted by Crippen LogP contribution is -2.43. The van der Waals surface area contributed by atoms with Gasteiger partial charge in [0, 0.05) is 30.9 Å². The fraction of sp³-hybridized carbons (Fsp3) is 0.360. The zero-order valence-corrected chi connectivity index (χ0v) is 20.1. The molecule has 2 heterocycles. The quantitative estimate of drug-likeness (QED) is 0.501. The molecule has 1 amide bonds. The number of rotatable bonds is 9. The number of hydrogen-bond donors (Lipinski definition) is 1. The van der Waals surface area contributed by atoms with Crippen LogP contribution in [0.15, 0.2) is 54.9 Å². The van der Waals surface area contributed by atoms with Gasteiger partial charge in [0.25, 0.3) is 5.91 Å². The van der Waals surface area contributed by atoms with Crippen LogP contribution >= 0.6 is 11.6 Å². The molecule has 2 aromatic carbocycles. The minimum Gasteiger partial charge on any atom is -0.493 e. The van der Waals surface area contributed by atoms with Gasteiger partial charge >= 0.3 is 0 Å². The fourth-order valence-electron chi connectivity index (χ4n) is 4.07. The molecule has 0 saturated carbocycles. The maximum absolute atomic E-state index is 12.9. The van der Waals surface area contributed by atoms with Crippen molar-refractivity contribution in [1.82, 2.24) is 20.0 Å². The first-order valence-corrected chi connectivity index (χ1v) is 11.5. The fourth-order valence-corrected chi connectivity index (χ4v) is 4.26. The van der Waals surface area contributed by atoms with Gasteiger partial charge in [0.15, 0.2) is 11.5 Å². The highest BCUT2D eigenvalue weighted by molar-refractivity contribution is 6.31. The second kappa shape index (κ2) is 11.4. The molecule has 34 heavy (non-hydrogen) atoms. The Morgan fingerprint density at radius 1 is 1.15 bits per heavy atom. The van der Waals surface area contributed by atoms with E-state index in [4.69, 9.17) is 25.8 Å².